The van der Waals surface area contributed by atoms with Crippen molar-refractivity contribution in [3.05, 3.63) is 24.3 Å². The summed E-state index contributed by atoms with van der Waals surface area (Å²) in [5.41, 5.74) is 0. The van der Waals surface area contributed by atoms with E-state index in [9.17, 15) is 4.79 Å². The molecule has 0 aromatic heterocycles. The number of benzene rings is 1. The SMILES string of the molecule is CNCC1CCN(C(=O)C2COc3ccccc3O2)C1.Cl. The molecule has 1 aromatic rings. The van der Waals surface area contributed by atoms with Gasteiger partial charge in [-0.15, -0.1) is 12.4 Å². The molecule has 1 saturated heterocycles. The lowest BCUT2D eigenvalue weighted by Gasteiger charge is -2.28. The molecule has 0 spiro atoms. The minimum Gasteiger partial charge on any atom is -0.485 e. The molecule has 0 bridgehead atoms. The van der Waals surface area contributed by atoms with Crippen LogP contribution in [-0.4, -0.2) is 50.2 Å². The Kier molecular flexibility index (Phi) is 5.31. The first kappa shape index (κ1) is 15.9. The van der Waals surface area contributed by atoms with E-state index >= 15 is 0 Å². The number of nitrogens with one attached hydrogen (secondary N) is 1. The standard InChI is InChI=1S/C15H20N2O3.ClH/c1-16-8-11-6-7-17(9-11)15(18)14-10-19-12-4-2-3-5-13(12)20-14;/h2-5,11,14,16H,6-10H2,1H3;1H. The number of para-hydroxylation sites is 2. The van der Waals surface area contributed by atoms with Gasteiger partial charge in [0.05, 0.1) is 0 Å². The third-order valence-electron chi connectivity index (χ3n) is 3.87. The third-order valence-corrected chi connectivity index (χ3v) is 3.87. The Balaban J connectivity index is 0.00000161. The second-order valence-corrected chi connectivity index (χ2v) is 5.36. The van der Waals surface area contributed by atoms with Crippen LogP contribution in [0.25, 0.3) is 0 Å². The van der Waals surface area contributed by atoms with Crippen LogP contribution in [0.15, 0.2) is 24.3 Å². The van der Waals surface area contributed by atoms with E-state index in [-0.39, 0.29) is 18.3 Å². The Morgan fingerprint density at radius 2 is 2.14 bits per heavy atom. The zero-order chi connectivity index (χ0) is 13.9. The highest BCUT2D eigenvalue weighted by Crippen LogP contribution is 2.31. The number of rotatable bonds is 3. The number of hydrogen-bond donors (Lipinski definition) is 1. The van der Waals surface area contributed by atoms with Gasteiger partial charge in [-0.05, 0) is 38.1 Å². The normalized spacial score (nSPS) is 23.6. The lowest BCUT2D eigenvalue weighted by Crippen LogP contribution is -2.45. The van der Waals surface area contributed by atoms with E-state index in [0.717, 1.165) is 26.1 Å². The first-order valence-corrected chi connectivity index (χ1v) is 7.10. The van der Waals surface area contributed by atoms with Crippen LogP contribution >= 0.6 is 12.4 Å². The topological polar surface area (TPSA) is 50.8 Å². The van der Waals surface area contributed by atoms with Gasteiger partial charge in [0.2, 0.25) is 6.10 Å². The molecule has 1 amide bonds. The van der Waals surface area contributed by atoms with Crippen molar-refractivity contribution in [1.29, 1.82) is 0 Å². The van der Waals surface area contributed by atoms with Crippen molar-refractivity contribution in [2.45, 2.75) is 12.5 Å². The van der Waals surface area contributed by atoms with Gasteiger partial charge in [-0.1, -0.05) is 12.1 Å². The molecule has 0 aliphatic carbocycles. The summed E-state index contributed by atoms with van der Waals surface area (Å²) in [5.74, 6) is 1.95. The fourth-order valence-corrected chi connectivity index (χ4v) is 2.83. The number of ether oxygens (including phenoxy) is 2. The van der Waals surface area contributed by atoms with Gasteiger partial charge in [-0.3, -0.25) is 4.79 Å². The predicted octanol–water partition coefficient (Wildman–Crippen LogP) is 1.32. The Bertz CT molecular complexity index is 498. The summed E-state index contributed by atoms with van der Waals surface area (Å²) in [6, 6.07) is 7.47. The molecule has 116 valence electrons. The molecule has 1 aromatic carbocycles. The van der Waals surface area contributed by atoms with Crippen molar-refractivity contribution in [2.75, 3.05) is 33.3 Å². The minimum absolute atomic E-state index is 0. The molecular weight excluding hydrogens is 292 g/mol. The summed E-state index contributed by atoms with van der Waals surface area (Å²) < 4.78 is 11.4. The fourth-order valence-electron chi connectivity index (χ4n) is 2.83. The van der Waals surface area contributed by atoms with E-state index in [1.165, 1.54) is 0 Å². The second kappa shape index (κ2) is 7.00. The smallest absolute Gasteiger partial charge is 0.267 e. The Hall–Kier alpha value is -1.46. The van der Waals surface area contributed by atoms with E-state index < -0.39 is 6.10 Å². The van der Waals surface area contributed by atoms with Crippen molar-refractivity contribution in [1.82, 2.24) is 10.2 Å². The maximum atomic E-state index is 12.5. The Morgan fingerprint density at radius 1 is 1.38 bits per heavy atom. The molecule has 6 heteroatoms. The lowest BCUT2D eigenvalue weighted by atomic mass is 10.1. The van der Waals surface area contributed by atoms with Gasteiger partial charge in [0, 0.05) is 13.1 Å². The van der Waals surface area contributed by atoms with Crippen molar-refractivity contribution >= 4 is 18.3 Å². The van der Waals surface area contributed by atoms with Crippen LogP contribution in [0.5, 0.6) is 11.5 Å². The molecule has 3 rings (SSSR count). The maximum Gasteiger partial charge on any atom is 0.267 e. The molecule has 2 aliphatic heterocycles. The molecule has 1 fully saturated rings. The molecule has 0 radical (unpaired) electrons. The number of nitrogens with zero attached hydrogens (tertiary/aromatic N) is 1. The van der Waals surface area contributed by atoms with Crippen molar-refractivity contribution < 1.29 is 14.3 Å². The summed E-state index contributed by atoms with van der Waals surface area (Å²) in [4.78, 5) is 14.4. The third kappa shape index (κ3) is 3.41. The summed E-state index contributed by atoms with van der Waals surface area (Å²) in [7, 11) is 1.94. The first-order chi connectivity index (χ1) is 9.78. The van der Waals surface area contributed by atoms with Gasteiger partial charge in [0.1, 0.15) is 6.61 Å². The number of carbonyl (C=O) groups is 1. The molecule has 2 aliphatic rings. The van der Waals surface area contributed by atoms with Crippen molar-refractivity contribution in [2.24, 2.45) is 5.92 Å². The maximum absolute atomic E-state index is 12.5. The van der Waals surface area contributed by atoms with Crippen molar-refractivity contribution in [3.63, 3.8) is 0 Å². The van der Waals surface area contributed by atoms with Gasteiger partial charge in [0.15, 0.2) is 11.5 Å². The van der Waals surface area contributed by atoms with Crippen LogP contribution in [0, 0.1) is 5.92 Å². The highest BCUT2D eigenvalue weighted by Gasteiger charge is 2.34. The number of hydrogen-bond acceptors (Lipinski definition) is 4. The zero-order valence-corrected chi connectivity index (χ0v) is 12.9. The van der Waals surface area contributed by atoms with Crippen LogP contribution < -0.4 is 14.8 Å². The molecule has 1 N–H and O–H groups in total. The molecule has 2 unspecified atom stereocenters. The summed E-state index contributed by atoms with van der Waals surface area (Å²) in [5, 5.41) is 3.17. The number of fused-ring (bicyclic) bond motifs is 1. The highest BCUT2D eigenvalue weighted by atomic mass is 35.5. The van der Waals surface area contributed by atoms with Crippen molar-refractivity contribution in [3.8, 4) is 11.5 Å². The number of carbonyl (C=O) groups excluding carboxylic acids is 1. The monoisotopic (exact) mass is 312 g/mol. The number of likely N-dealkylation sites (tertiary alicyclic amines) is 1. The van der Waals surface area contributed by atoms with Crippen LogP contribution in [0.1, 0.15) is 6.42 Å². The number of halogens is 1. The molecule has 5 nitrogen and oxygen atoms in total. The highest BCUT2D eigenvalue weighted by molar-refractivity contribution is 5.85. The Morgan fingerprint density at radius 3 is 2.90 bits per heavy atom. The van der Waals surface area contributed by atoms with Gasteiger partial charge in [-0.25, -0.2) is 0 Å². The summed E-state index contributed by atoms with van der Waals surface area (Å²) in [6.07, 6.45) is 0.537. The zero-order valence-electron chi connectivity index (χ0n) is 12.1. The summed E-state index contributed by atoms with van der Waals surface area (Å²) >= 11 is 0. The van der Waals surface area contributed by atoms with E-state index in [4.69, 9.17) is 9.47 Å². The van der Waals surface area contributed by atoms with Gasteiger partial charge in [0.25, 0.3) is 5.91 Å². The molecule has 21 heavy (non-hydrogen) atoms. The molecular formula is C15H21ClN2O3. The molecule has 0 saturated carbocycles. The van der Waals surface area contributed by atoms with E-state index in [2.05, 4.69) is 5.32 Å². The van der Waals surface area contributed by atoms with Gasteiger partial charge < -0.3 is 19.7 Å². The van der Waals surface area contributed by atoms with E-state index in [0.29, 0.717) is 24.0 Å². The molecule has 2 atom stereocenters. The number of amides is 1. The van der Waals surface area contributed by atoms with Crippen LogP contribution in [-0.2, 0) is 4.79 Å². The van der Waals surface area contributed by atoms with Crippen LogP contribution in [0.2, 0.25) is 0 Å². The largest absolute Gasteiger partial charge is 0.485 e. The van der Waals surface area contributed by atoms with Gasteiger partial charge in [-0.2, -0.15) is 0 Å². The van der Waals surface area contributed by atoms with Gasteiger partial charge >= 0.3 is 0 Å². The van der Waals surface area contributed by atoms with E-state index in [1.807, 2.05) is 36.2 Å². The average Bonchev–Trinajstić information content (AvgIpc) is 2.95. The quantitative estimate of drug-likeness (QED) is 0.914. The predicted molar refractivity (Wildman–Crippen MR) is 82.2 cm³/mol. The second-order valence-electron chi connectivity index (χ2n) is 5.36. The van der Waals surface area contributed by atoms with Crippen LogP contribution in [0.4, 0.5) is 0 Å². The summed E-state index contributed by atoms with van der Waals surface area (Å²) in [6.45, 7) is 2.87. The fraction of sp³-hybridized carbons (Fsp3) is 0.533. The Labute approximate surface area is 131 Å². The molecule has 2 heterocycles. The minimum atomic E-state index is -0.516. The lowest BCUT2D eigenvalue weighted by molar-refractivity contribution is -0.140. The van der Waals surface area contributed by atoms with E-state index in [1.54, 1.807) is 0 Å². The average molecular weight is 313 g/mol. The first-order valence-electron chi connectivity index (χ1n) is 7.10. The van der Waals surface area contributed by atoms with Crippen LogP contribution in [0.3, 0.4) is 0 Å².